The van der Waals surface area contributed by atoms with Crippen LogP contribution < -0.4 is 0 Å². The van der Waals surface area contributed by atoms with Crippen molar-refractivity contribution in [3.8, 4) is 5.69 Å². The molecule has 0 saturated heterocycles. The summed E-state index contributed by atoms with van der Waals surface area (Å²) >= 11 is 0. The van der Waals surface area contributed by atoms with Gasteiger partial charge in [0, 0.05) is 11.6 Å². The van der Waals surface area contributed by atoms with E-state index in [1.165, 1.54) is 4.90 Å². The molecule has 1 aromatic heterocycles. The number of hydrogen-bond acceptors (Lipinski definition) is 3. The number of benzene rings is 1. The summed E-state index contributed by atoms with van der Waals surface area (Å²) in [6.45, 7) is -0.506. The fourth-order valence-electron chi connectivity index (χ4n) is 2.20. The highest BCUT2D eigenvalue weighted by molar-refractivity contribution is 5.94. The first-order chi connectivity index (χ1) is 10.1. The molecule has 1 heterocycles. The van der Waals surface area contributed by atoms with Gasteiger partial charge in [0.2, 0.25) is 0 Å². The van der Waals surface area contributed by atoms with E-state index in [0.29, 0.717) is 5.56 Å². The van der Waals surface area contributed by atoms with Crippen molar-refractivity contribution >= 4 is 5.91 Å². The lowest BCUT2D eigenvalue weighted by Crippen LogP contribution is -2.36. The number of halogens is 2. The third kappa shape index (κ3) is 3.07. The van der Waals surface area contributed by atoms with E-state index in [4.69, 9.17) is 0 Å². The number of rotatable bonds is 5. The maximum absolute atomic E-state index is 12.6. The van der Waals surface area contributed by atoms with Gasteiger partial charge in [-0.1, -0.05) is 5.21 Å². The normalized spacial score (nSPS) is 14.4. The molecule has 21 heavy (non-hydrogen) atoms. The largest absolute Gasteiger partial charge is 0.330 e. The average molecular weight is 292 g/mol. The molecule has 0 spiro atoms. The number of carbonyl (C=O) groups excluding carboxylic acids is 1. The number of amides is 1. The summed E-state index contributed by atoms with van der Waals surface area (Å²) < 4.78 is 26.7. The van der Waals surface area contributed by atoms with Gasteiger partial charge in [0.25, 0.3) is 12.3 Å². The SMILES string of the molecule is O=C(c1ccc(-n2ccnn2)cc1)N(CC(F)F)C1CC1. The van der Waals surface area contributed by atoms with Crippen LogP contribution in [0.15, 0.2) is 36.7 Å². The second kappa shape index (κ2) is 5.59. The van der Waals surface area contributed by atoms with Gasteiger partial charge in [0.1, 0.15) is 0 Å². The molecule has 7 heteroatoms. The van der Waals surface area contributed by atoms with Gasteiger partial charge in [0.15, 0.2) is 0 Å². The van der Waals surface area contributed by atoms with E-state index in [1.54, 1.807) is 41.3 Å². The van der Waals surface area contributed by atoms with E-state index in [1.807, 2.05) is 0 Å². The van der Waals surface area contributed by atoms with Crippen molar-refractivity contribution in [2.24, 2.45) is 0 Å². The molecule has 0 N–H and O–H groups in total. The van der Waals surface area contributed by atoms with Crippen LogP contribution in [0.4, 0.5) is 8.78 Å². The number of hydrogen-bond donors (Lipinski definition) is 0. The molecule has 1 saturated carbocycles. The number of aromatic nitrogens is 3. The fraction of sp³-hybridized carbons (Fsp3) is 0.357. The van der Waals surface area contributed by atoms with Crippen LogP contribution >= 0.6 is 0 Å². The average Bonchev–Trinajstić information content (AvgIpc) is 3.18. The van der Waals surface area contributed by atoms with E-state index in [9.17, 15) is 13.6 Å². The van der Waals surface area contributed by atoms with Gasteiger partial charge < -0.3 is 4.90 Å². The molecule has 0 bridgehead atoms. The Hall–Kier alpha value is -2.31. The third-order valence-corrected chi connectivity index (χ3v) is 3.38. The minimum absolute atomic E-state index is 0.0403. The molecule has 1 aliphatic carbocycles. The Bertz CT molecular complexity index is 608. The quantitative estimate of drug-likeness (QED) is 0.848. The van der Waals surface area contributed by atoms with Gasteiger partial charge in [-0.05, 0) is 37.1 Å². The molecule has 1 fully saturated rings. The topological polar surface area (TPSA) is 51.0 Å². The van der Waals surface area contributed by atoms with Crippen molar-refractivity contribution in [1.29, 1.82) is 0 Å². The van der Waals surface area contributed by atoms with Crippen molar-refractivity contribution in [1.82, 2.24) is 19.9 Å². The van der Waals surface area contributed by atoms with Crippen LogP contribution in [-0.2, 0) is 0 Å². The van der Waals surface area contributed by atoms with Gasteiger partial charge in [0.05, 0.1) is 24.6 Å². The zero-order chi connectivity index (χ0) is 14.8. The smallest absolute Gasteiger partial charge is 0.255 e. The predicted molar refractivity (Wildman–Crippen MR) is 71.4 cm³/mol. The first-order valence-electron chi connectivity index (χ1n) is 6.71. The number of alkyl halides is 2. The van der Waals surface area contributed by atoms with E-state index in [-0.39, 0.29) is 11.9 Å². The predicted octanol–water partition coefficient (Wildman–Crippen LogP) is 2.14. The summed E-state index contributed by atoms with van der Waals surface area (Å²) in [5, 5.41) is 7.55. The molecule has 1 aromatic carbocycles. The highest BCUT2D eigenvalue weighted by atomic mass is 19.3. The summed E-state index contributed by atoms with van der Waals surface area (Å²) in [4.78, 5) is 13.6. The van der Waals surface area contributed by atoms with Crippen molar-refractivity contribution in [2.45, 2.75) is 25.3 Å². The van der Waals surface area contributed by atoms with Crippen LogP contribution in [0.2, 0.25) is 0 Å². The van der Waals surface area contributed by atoms with Crippen LogP contribution in [0, 0.1) is 0 Å². The Morgan fingerprint density at radius 3 is 2.57 bits per heavy atom. The van der Waals surface area contributed by atoms with Crippen molar-refractivity contribution in [3.05, 3.63) is 42.2 Å². The lowest BCUT2D eigenvalue weighted by atomic mass is 10.1. The molecule has 1 amide bonds. The molecule has 0 unspecified atom stereocenters. The summed E-state index contributed by atoms with van der Waals surface area (Å²) in [6.07, 6.45) is 2.33. The van der Waals surface area contributed by atoms with E-state index >= 15 is 0 Å². The highest BCUT2D eigenvalue weighted by Gasteiger charge is 2.34. The second-order valence-corrected chi connectivity index (χ2v) is 4.97. The Morgan fingerprint density at radius 1 is 1.33 bits per heavy atom. The first kappa shape index (κ1) is 13.7. The van der Waals surface area contributed by atoms with Gasteiger partial charge in [-0.15, -0.1) is 5.10 Å². The molecule has 5 nitrogen and oxygen atoms in total. The second-order valence-electron chi connectivity index (χ2n) is 4.97. The van der Waals surface area contributed by atoms with Gasteiger partial charge in [-0.3, -0.25) is 4.79 Å². The molecule has 1 aliphatic rings. The molecule has 0 radical (unpaired) electrons. The lowest BCUT2D eigenvalue weighted by molar-refractivity contribution is 0.0534. The Balaban J connectivity index is 1.77. The Morgan fingerprint density at radius 2 is 2.05 bits per heavy atom. The highest BCUT2D eigenvalue weighted by Crippen LogP contribution is 2.29. The third-order valence-electron chi connectivity index (χ3n) is 3.38. The molecular weight excluding hydrogens is 278 g/mol. The lowest BCUT2D eigenvalue weighted by Gasteiger charge is -2.22. The summed E-state index contributed by atoms with van der Waals surface area (Å²) in [5.41, 5.74) is 1.17. The maximum Gasteiger partial charge on any atom is 0.255 e. The Labute approximate surface area is 120 Å². The number of carbonyl (C=O) groups is 1. The standard InChI is InChI=1S/C14H14F2N4O/c15-13(16)9-19(11-5-6-11)14(21)10-1-3-12(4-2-10)20-8-7-17-18-20/h1-4,7-8,11,13H,5-6,9H2. The zero-order valence-corrected chi connectivity index (χ0v) is 11.2. The summed E-state index contributed by atoms with van der Waals surface area (Å²) in [7, 11) is 0. The van der Waals surface area contributed by atoms with Crippen LogP contribution in [0.25, 0.3) is 5.69 Å². The minimum atomic E-state index is -2.51. The number of nitrogens with zero attached hydrogens (tertiary/aromatic N) is 4. The molecule has 0 aliphatic heterocycles. The van der Waals surface area contributed by atoms with Crippen molar-refractivity contribution < 1.29 is 13.6 Å². The Kier molecular flexibility index (Phi) is 3.64. The molecule has 3 rings (SSSR count). The van der Waals surface area contributed by atoms with Gasteiger partial charge in [-0.2, -0.15) is 0 Å². The van der Waals surface area contributed by atoms with E-state index in [2.05, 4.69) is 10.3 Å². The van der Waals surface area contributed by atoms with Gasteiger partial charge in [-0.25, -0.2) is 13.5 Å². The van der Waals surface area contributed by atoms with Crippen LogP contribution in [-0.4, -0.2) is 44.8 Å². The molecule has 0 atom stereocenters. The van der Waals surface area contributed by atoms with Crippen LogP contribution in [0.5, 0.6) is 0 Å². The molecular formula is C14H14F2N4O. The maximum atomic E-state index is 12.6. The molecule has 110 valence electrons. The van der Waals surface area contributed by atoms with Gasteiger partial charge >= 0.3 is 0 Å². The monoisotopic (exact) mass is 292 g/mol. The fourth-order valence-corrected chi connectivity index (χ4v) is 2.20. The summed E-state index contributed by atoms with van der Waals surface area (Å²) in [5.74, 6) is -0.344. The van der Waals surface area contributed by atoms with E-state index in [0.717, 1.165) is 18.5 Å². The zero-order valence-electron chi connectivity index (χ0n) is 11.2. The minimum Gasteiger partial charge on any atom is -0.330 e. The first-order valence-corrected chi connectivity index (χ1v) is 6.71. The van der Waals surface area contributed by atoms with Crippen LogP contribution in [0.3, 0.4) is 0 Å². The van der Waals surface area contributed by atoms with Crippen molar-refractivity contribution in [2.75, 3.05) is 6.54 Å². The van der Waals surface area contributed by atoms with Crippen molar-refractivity contribution in [3.63, 3.8) is 0 Å². The summed E-state index contributed by atoms with van der Waals surface area (Å²) in [6, 6.07) is 6.65. The van der Waals surface area contributed by atoms with E-state index < -0.39 is 13.0 Å². The molecule has 2 aromatic rings. The van der Waals surface area contributed by atoms with Crippen LogP contribution in [0.1, 0.15) is 23.2 Å².